The molecule has 0 aliphatic carbocycles. The van der Waals surface area contributed by atoms with Crippen molar-refractivity contribution in [1.82, 2.24) is 14.9 Å². The van der Waals surface area contributed by atoms with Gasteiger partial charge in [-0.3, -0.25) is 10.1 Å². The van der Waals surface area contributed by atoms with Gasteiger partial charge in [-0.15, -0.1) is 0 Å². The monoisotopic (exact) mass is 373 g/mol. The lowest BCUT2D eigenvalue weighted by molar-refractivity contribution is -0.385. The number of nitrogens with zero attached hydrogens (tertiary/aromatic N) is 4. The third kappa shape index (κ3) is 3.49. The van der Waals surface area contributed by atoms with E-state index in [4.69, 9.17) is 23.8 Å². The molecule has 0 unspecified atom stereocenters. The van der Waals surface area contributed by atoms with Gasteiger partial charge >= 0.3 is 0 Å². The van der Waals surface area contributed by atoms with E-state index in [2.05, 4.69) is 15.3 Å². The lowest BCUT2D eigenvalue weighted by Crippen LogP contribution is -1.97. The van der Waals surface area contributed by atoms with Crippen LogP contribution in [0.25, 0.3) is 11.4 Å². The number of halogens is 1. The summed E-state index contributed by atoms with van der Waals surface area (Å²) in [6, 6.07) is 12.1. The quantitative estimate of drug-likeness (QED) is 0.318. The van der Waals surface area contributed by atoms with Gasteiger partial charge in [-0.1, -0.05) is 35.9 Å². The van der Waals surface area contributed by atoms with Gasteiger partial charge in [-0.25, -0.2) is 5.10 Å². The van der Waals surface area contributed by atoms with Gasteiger partial charge in [0.1, 0.15) is 0 Å². The van der Waals surface area contributed by atoms with Gasteiger partial charge in [0.15, 0.2) is 5.82 Å². The lowest BCUT2D eigenvalue weighted by atomic mass is 10.1. The van der Waals surface area contributed by atoms with E-state index >= 15 is 0 Å². The summed E-state index contributed by atoms with van der Waals surface area (Å²) >= 11 is 11.4. The zero-order valence-electron chi connectivity index (χ0n) is 13.0. The van der Waals surface area contributed by atoms with Crippen molar-refractivity contribution in [3.8, 4) is 11.4 Å². The molecule has 7 nitrogen and oxygen atoms in total. The molecular weight excluding hydrogens is 362 g/mol. The molecule has 0 atom stereocenters. The second-order valence-electron chi connectivity index (χ2n) is 5.19. The van der Waals surface area contributed by atoms with Gasteiger partial charge in [-0.2, -0.15) is 14.9 Å². The smallest absolute Gasteiger partial charge is 0.258 e. The van der Waals surface area contributed by atoms with E-state index in [-0.39, 0.29) is 10.5 Å². The highest BCUT2D eigenvalue weighted by Gasteiger charge is 2.12. The molecule has 0 spiro atoms. The molecule has 0 saturated heterocycles. The number of benzene rings is 2. The second-order valence-corrected chi connectivity index (χ2v) is 5.99. The fourth-order valence-corrected chi connectivity index (χ4v) is 2.64. The highest BCUT2D eigenvalue weighted by atomic mass is 35.5. The summed E-state index contributed by atoms with van der Waals surface area (Å²) in [7, 11) is 0. The van der Waals surface area contributed by atoms with Crippen molar-refractivity contribution in [3.63, 3.8) is 0 Å². The molecule has 1 N–H and O–H groups in total. The highest BCUT2D eigenvalue weighted by molar-refractivity contribution is 7.71. The summed E-state index contributed by atoms with van der Waals surface area (Å²) in [6.45, 7) is 1.68. The first-order valence-corrected chi connectivity index (χ1v) is 7.97. The van der Waals surface area contributed by atoms with E-state index in [0.717, 1.165) is 0 Å². The van der Waals surface area contributed by atoms with Crippen LogP contribution < -0.4 is 0 Å². The molecule has 2 aromatic carbocycles. The molecule has 0 radical (unpaired) electrons. The molecule has 1 heterocycles. The Hall–Kier alpha value is -2.84. The second kappa shape index (κ2) is 6.96. The summed E-state index contributed by atoms with van der Waals surface area (Å²) in [6.07, 6.45) is 1.48. The standard InChI is InChI=1S/C16H12ClN5O2S/c1-10-6-7-11(8-14(10)22(23)24)9-18-21-15(19-20-16(21)25)12-4-2-3-5-13(12)17/h2-9H,1H3,(H,20,25)/b18-9-. The molecule has 126 valence electrons. The van der Waals surface area contributed by atoms with Gasteiger partial charge in [0.2, 0.25) is 4.77 Å². The van der Waals surface area contributed by atoms with Gasteiger partial charge < -0.3 is 0 Å². The Morgan fingerprint density at radius 3 is 2.84 bits per heavy atom. The van der Waals surface area contributed by atoms with Crippen LogP contribution in [0.3, 0.4) is 0 Å². The first-order chi connectivity index (χ1) is 12.0. The molecule has 0 fully saturated rings. The van der Waals surface area contributed by atoms with E-state index in [1.807, 2.05) is 12.1 Å². The Morgan fingerprint density at radius 2 is 2.12 bits per heavy atom. The number of hydrogen-bond acceptors (Lipinski definition) is 5. The zero-order valence-corrected chi connectivity index (χ0v) is 14.6. The molecule has 0 amide bonds. The van der Waals surface area contributed by atoms with Gasteiger partial charge in [-0.05, 0) is 31.3 Å². The van der Waals surface area contributed by atoms with Crippen LogP contribution in [0.4, 0.5) is 5.69 Å². The summed E-state index contributed by atoms with van der Waals surface area (Å²) in [5.74, 6) is 0.452. The van der Waals surface area contributed by atoms with Gasteiger partial charge in [0.05, 0.1) is 16.2 Å². The third-order valence-corrected chi connectivity index (χ3v) is 4.11. The van der Waals surface area contributed by atoms with Crippen LogP contribution in [0, 0.1) is 21.8 Å². The van der Waals surface area contributed by atoms with Crippen LogP contribution >= 0.6 is 23.8 Å². The highest BCUT2D eigenvalue weighted by Crippen LogP contribution is 2.26. The Bertz CT molecular complexity index is 1040. The van der Waals surface area contributed by atoms with Crippen molar-refractivity contribution in [1.29, 1.82) is 0 Å². The van der Waals surface area contributed by atoms with Crippen LogP contribution in [0.2, 0.25) is 5.02 Å². The van der Waals surface area contributed by atoms with Crippen molar-refractivity contribution in [2.24, 2.45) is 5.10 Å². The molecule has 9 heteroatoms. The number of nitrogens with one attached hydrogen (secondary N) is 1. The fourth-order valence-electron chi connectivity index (χ4n) is 2.24. The van der Waals surface area contributed by atoms with Gasteiger partial charge in [0, 0.05) is 22.8 Å². The zero-order chi connectivity index (χ0) is 18.0. The average molecular weight is 374 g/mol. The van der Waals surface area contributed by atoms with Crippen LogP contribution in [-0.2, 0) is 0 Å². The first kappa shape index (κ1) is 17.0. The molecule has 0 aliphatic heterocycles. The van der Waals surface area contributed by atoms with Crippen LogP contribution in [0.5, 0.6) is 0 Å². The van der Waals surface area contributed by atoms with Crippen LogP contribution in [0.1, 0.15) is 11.1 Å². The predicted molar refractivity (Wildman–Crippen MR) is 98.7 cm³/mol. The van der Waals surface area contributed by atoms with Crippen LogP contribution in [-0.4, -0.2) is 26.0 Å². The third-order valence-electron chi connectivity index (χ3n) is 3.52. The number of H-pyrrole nitrogens is 1. The van der Waals surface area contributed by atoms with E-state index < -0.39 is 4.92 Å². The number of rotatable bonds is 4. The van der Waals surface area contributed by atoms with E-state index in [1.165, 1.54) is 17.0 Å². The summed E-state index contributed by atoms with van der Waals surface area (Å²) < 4.78 is 1.70. The Morgan fingerprint density at radius 1 is 1.36 bits per heavy atom. The molecular formula is C16H12ClN5O2S. The summed E-state index contributed by atoms with van der Waals surface area (Å²) in [4.78, 5) is 10.6. The minimum atomic E-state index is -0.425. The maximum atomic E-state index is 11.0. The molecule has 0 bridgehead atoms. The van der Waals surface area contributed by atoms with Crippen molar-refractivity contribution in [2.45, 2.75) is 6.92 Å². The number of nitro benzene ring substituents is 1. The Balaban J connectivity index is 2.02. The van der Waals surface area contributed by atoms with E-state index in [9.17, 15) is 10.1 Å². The fraction of sp³-hybridized carbons (Fsp3) is 0.0625. The molecule has 1 aromatic heterocycles. The summed E-state index contributed by atoms with van der Waals surface area (Å²) in [5, 5.41) is 22.7. The molecule has 0 saturated carbocycles. The first-order valence-electron chi connectivity index (χ1n) is 7.19. The maximum absolute atomic E-state index is 11.0. The topological polar surface area (TPSA) is 89.1 Å². The van der Waals surface area contributed by atoms with Crippen molar-refractivity contribution in [3.05, 3.63) is 73.5 Å². The molecule has 3 rings (SSSR count). The van der Waals surface area contributed by atoms with Crippen molar-refractivity contribution >= 4 is 35.7 Å². The molecule has 25 heavy (non-hydrogen) atoms. The summed E-state index contributed by atoms with van der Waals surface area (Å²) in [5.41, 5.74) is 1.86. The lowest BCUT2D eigenvalue weighted by Gasteiger charge is -2.03. The SMILES string of the molecule is Cc1ccc(/C=N\n2c(-c3ccccc3Cl)n[nH]c2=S)cc1[N+](=O)[O-]. The van der Waals surface area contributed by atoms with E-state index in [1.54, 1.807) is 31.2 Å². The average Bonchev–Trinajstić information content (AvgIpc) is 2.95. The van der Waals surface area contributed by atoms with Crippen molar-refractivity contribution in [2.75, 3.05) is 0 Å². The maximum Gasteiger partial charge on any atom is 0.272 e. The van der Waals surface area contributed by atoms with Crippen LogP contribution in [0.15, 0.2) is 47.6 Å². The van der Waals surface area contributed by atoms with E-state index in [0.29, 0.717) is 27.5 Å². The number of aryl methyl sites for hydroxylation is 1. The molecule has 0 aliphatic rings. The largest absolute Gasteiger partial charge is 0.272 e. The number of aromatic amines is 1. The molecule has 3 aromatic rings. The minimum absolute atomic E-state index is 0.0334. The van der Waals surface area contributed by atoms with Crippen molar-refractivity contribution < 1.29 is 4.92 Å². The predicted octanol–water partition coefficient (Wildman–Crippen LogP) is 4.36. The minimum Gasteiger partial charge on any atom is -0.258 e. The Labute approximate surface area is 152 Å². The van der Waals surface area contributed by atoms with Gasteiger partial charge in [0.25, 0.3) is 5.69 Å². The number of aromatic nitrogens is 3. The normalized spacial score (nSPS) is 11.1. The number of nitro groups is 1. The number of hydrogen-bond donors (Lipinski definition) is 1. The Kier molecular flexibility index (Phi) is 4.73.